The third-order valence-corrected chi connectivity index (χ3v) is 3.90. The first-order valence-electron chi connectivity index (χ1n) is 6.56. The van der Waals surface area contributed by atoms with E-state index in [0.29, 0.717) is 10.7 Å². The Morgan fingerprint density at radius 2 is 1.86 bits per heavy atom. The van der Waals surface area contributed by atoms with Gasteiger partial charge in [-0.25, -0.2) is 0 Å². The van der Waals surface area contributed by atoms with Gasteiger partial charge in [-0.2, -0.15) is 0 Å². The van der Waals surface area contributed by atoms with Crippen LogP contribution < -0.4 is 10.6 Å². The van der Waals surface area contributed by atoms with E-state index in [4.69, 9.17) is 11.6 Å². The van der Waals surface area contributed by atoms with Crippen molar-refractivity contribution in [3.8, 4) is 0 Å². The van der Waals surface area contributed by atoms with Crippen molar-refractivity contribution in [2.24, 2.45) is 0 Å². The molecule has 4 nitrogen and oxygen atoms in total. The first-order chi connectivity index (χ1) is 10.5. The summed E-state index contributed by atoms with van der Waals surface area (Å²) in [6.07, 6.45) is 0. The normalized spacial score (nSPS) is 10.1. The van der Waals surface area contributed by atoms with E-state index in [-0.39, 0.29) is 6.54 Å². The zero-order valence-electron chi connectivity index (χ0n) is 11.8. The smallest absolute Gasteiger partial charge is 0.313 e. The van der Waals surface area contributed by atoms with Gasteiger partial charge in [-0.15, -0.1) is 0 Å². The molecular weight excluding hydrogens is 368 g/mol. The number of nitrogens with one attached hydrogen (secondary N) is 2. The van der Waals surface area contributed by atoms with Crippen LogP contribution in [-0.2, 0) is 16.1 Å². The van der Waals surface area contributed by atoms with E-state index >= 15 is 0 Å². The summed E-state index contributed by atoms with van der Waals surface area (Å²) in [6.45, 7) is 2.05. The number of carbonyl (C=O) groups excluding carboxylic acids is 2. The number of carbonyl (C=O) groups is 2. The number of benzene rings is 2. The van der Waals surface area contributed by atoms with Crippen molar-refractivity contribution in [2.75, 3.05) is 5.32 Å². The zero-order valence-corrected chi connectivity index (χ0v) is 14.2. The summed E-state index contributed by atoms with van der Waals surface area (Å²) in [6, 6.07) is 12.5. The first kappa shape index (κ1) is 16.5. The SMILES string of the molecule is Cc1cc(Br)ccc1NC(=O)C(=O)NCc1ccccc1Cl. The molecule has 0 aliphatic carbocycles. The van der Waals surface area contributed by atoms with Crippen molar-refractivity contribution in [3.63, 3.8) is 0 Å². The Morgan fingerprint density at radius 3 is 2.55 bits per heavy atom. The quantitative estimate of drug-likeness (QED) is 0.797. The Hall–Kier alpha value is -1.85. The van der Waals surface area contributed by atoms with Crippen LogP contribution in [0.4, 0.5) is 5.69 Å². The van der Waals surface area contributed by atoms with Gasteiger partial charge in [-0.05, 0) is 42.3 Å². The van der Waals surface area contributed by atoms with Crippen LogP contribution in [0, 0.1) is 6.92 Å². The fourth-order valence-corrected chi connectivity index (χ4v) is 2.52. The summed E-state index contributed by atoms with van der Waals surface area (Å²) in [5, 5.41) is 5.68. The summed E-state index contributed by atoms with van der Waals surface area (Å²) in [4.78, 5) is 23.7. The molecule has 0 aliphatic rings. The lowest BCUT2D eigenvalue weighted by atomic mass is 10.2. The van der Waals surface area contributed by atoms with E-state index in [1.165, 1.54) is 0 Å². The molecule has 0 saturated carbocycles. The molecule has 0 unspecified atom stereocenters. The predicted molar refractivity (Wildman–Crippen MR) is 90.8 cm³/mol. The van der Waals surface area contributed by atoms with Crippen LogP contribution >= 0.6 is 27.5 Å². The maximum atomic E-state index is 11.9. The van der Waals surface area contributed by atoms with Crippen molar-refractivity contribution in [2.45, 2.75) is 13.5 Å². The molecule has 2 aromatic carbocycles. The van der Waals surface area contributed by atoms with E-state index in [1.807, 2.05) is 19.1 Å². The van der Waals surface area contributed by atoms with Gasteiger partial charge < -0.3 is 10.6 Å². The van der Waals surface area contributed by atoms with Crippen LogP contribution in [0.5, 0.6) is 0 Å². The molecule has 6 heteroatoms. The lowest BCUT2D eigenvalue weighted by Crippen LogP contribution is -2.35. The van der Waals surface area contributed by atoms with Crippen molar-refractivity contribution in [1.82, 2.24) is 5.32 Å². The van der Waals surface area contributed by atoms with Crippen LogP contribution in [0.3, 0.4) is 0 Å². The molecule has 0 fully saturated rings. The average molecular weight is 382 g/mol. The van der Waals surface area contributed by atoms with Gasteiger partial charge in [0.1, 0.15) is 0 Å². The van der Waals surface area contributed by atoms with Crippen molar-refractivity contribution in [1.29, 1.82) is 0 Å². The van der Waals surface area contributed by atoms with Crippen LogP contribution in [0.1, 0.15) is 11.1 Å². The highest BCUT2D eigenvalue weighted by atomic mass is 79.9. The molecule has 0 aromatic heterocycles. The number of anilines is 1. The Kier molecular flexibility index (Phi) is 5.57. The molecule has 0 radical (unpaired) electrons. The Morgan fingerprint density at radius 1 is 1.14 bits per heavy atom. The molecule has 2 aromatic rings. The van der Waals surface area contributed by atoms with Crippen molar-refractivity contribution >= 4 is 45.0 Å². The second kappa shape index (κ2) is 7.42. The van der Waals surface area contributed by atoms with Gasteiger partial charge in [0.05, 0.1) is 0 Å². The summed E-state index contributed by atoms with van der Waals surface area (Å²) in [7, 11) is 0. The molecule has 0 atom stereocenters. The lowest BCUT2D eigenvalue weighted by molar-refractivity contribution is -0.136. The van der Waals surface area contributed by atoms with Crippen LogP contribution in [0.25, 0.3) is 0 Å². The van der Waals surface area contributed by atoms with Crippen molar-refractivity contribution < 1.29 is 9.59 Å². The molecule has 114 valence electrons. The van der Waals surface area contributed by atoms with Gasteiger partial charge in [-0.3, -0.25) is 9.59 Å². The summed E-state index contributed by atoms with van der Waals surface area (Å²) in [5.41, 5.74) is 2.22. The molecule has 0 aliphatic heterocycles. The highest BCUT2D eigenvalue weighted by molar-refractivity contribution is 9.10. The van der Waals surface area contributed by atoms with E-state index in [0.717, 1.165) is 15.6 Å². The maximum absolute atomic E-state index is 11.9. The second-order valence-corrected chi connectivity index (χ2v) is 6.01. The standard InChI is InChI=1S/C16H14BrClN2O2/c1-10-8-12(17)6-7-14(10)20-16(22)15(21)19-9-11-4-2-3-5-13(11)18/h2-8H,9H2,1H3,(H,19,21)(H,20,22). The maximum Gasteiger partial charge on any atom is 0.313 e. The molecule has 22 heavy (non-hydrogen) atoms. The third-order valence-electron chi connectivity index (χ3n) is 3.04. The number of halogens is 2. The largest absolute Gasteiger partial charge is 0.344 e. The molecule has 0 saturated heterocycles. The first-order valence-corrected chi connectivity index (χ1v) is 7.73. The van der Waals surface area contributed by atoms with Crippen LogP contribution in [0.15, 0.2) is 46.9 Å². The predicted octanol–water partition coefficient (Wildman–Crippen LogP) is 3.67. The number of hydrogen-bond donors (Lipinski definition) is 2. The minimum atomic E-state index is -0.711. The summed E-state index contributed by atoms with van der Waals surface area (Å²) in [5.74, 6) is -1.42. The molecular formula is C16H14BrClN2O2. The fraction of sp³-hybridized carbons (Fsp3) is 0.125. The van der Waals surface area contributed by atoms with Gasteiger partial charge in [0.15, 0.2) is 0 Å². The average Bonchev–Trinajstić information content (AvgIpc) is 2.49. The van der Waals surface area contributed by atoms with Gasteiger partial charge in [0.2, 0.25) is 0 Å². The Bertz CT molecular complexity index is 719. The van der Waals surface area contributed by atoms with E-state index in [1.54, 1.807) is 30.3 Å². The summed E-state index contributed by atoms with van der Waals surface area (Å²) >= 11 is 9.34. The van der Waals surface area contributed by atoms with Gasteiger partial charge in [0.25, 0.3) is 0 Å². The summed E-state index contributed by atoms with van der Waals surface area (Å²) < 4.78 is 0.908. The molecule has 0 spiro atoms. The highest BCUT2D eigenvalue weighted by Crippen LogP contribution is 2.20. The fourth-order valence-electron chi connectivity index (χ4n) is 1.84. The van der Waals surface area contributed by atoms with Gasteiger partial charge in [0, 0.05) is 21.7 Å². The van der Waals surface area contributed by atoms with Crippen LogP contribution in [-0.4, -0.2) is 11.8 Å². The van der Waals surface area contributed by atoms with Crippen molar-refractivity contribution in [3.05, 3.63) is 63.1 Å². The minimum Gasteiger partial charge on any atom is -0.344 e. The number of hydrogen-bond acceptors (Lipinski definition) is 2. The van der Waals surface area contributed by atoms with E-state index < -0.39 is 11.8 Å². The zero-order chi connectivity index (χ0) is 16.1. The molecule has 2 N–H and O–H groups in total. The minimum absolute atomic E-state index is 0.200. The second-order valence-electron chi connectivity index (χ2n) is 4.69. The van der Waals surface area contributed by atoms with E-state index in [9.17, 15) is 9.59 Å². The monoisotopic (exact) mass is 380 g/mol. The lowest BCUT2D eigenvalue weighted by Gasteiger charge is -2.09. The van der Waals surface area contributed by atoms with E-state index in [2.05, 4.69) is 26.6 Å². The molecule has 0 bridgehead atoms. The molecule has 2 rings (SSSR count). The number of aryl methyl sites for hydroxylation is 1. The van der Waals surface area contributed by atoms with Gasteiger partial charge >= 0.3 is 11.8 Å². The highest BCUT2D eigenvalue weighted by Gasteiger charge is 2.14. The van der Waals surface area contributed by atoms with Gasteiger partial charge in [-0.1, -0.05) is 45.7 Å². The number of rotatable bonds is 3. The Balaban J connectivity index is 1.95. The van der Waals surface area contributed by atoms with Crippen LogP contribution in [0.2, 0.25) is 5.02 Å². The topological polar surface area (TPSA) is 58.2 Å². The third kappa shape index (κ3) is 4.32. The number of amides is 2. The Labute approximate surface area is 142 Å². The molecule has 2 amide bonds. The molecule has 0 heterocycles.